The second-order valence-corrected chi connectivity index (χ2v) is 15.7. The van der Waals surface area contributed by atoms with Gasteiger partial charge in [-0.1, -0.05) is 204 Å². The highest BCUT2D eigenvalue weighted by molar-refractivity contribution is 5.26. The van der Waals surface area contributed by atoms with Crippen LogP contribution in [0.1, 0.15) is 159 Å². The van der Waals surface area contributed by atoms with E-state index in [4.69, 9.17) is 0 Å². The van der Waals surface area contributed by atoms with Gasteiger partial charge in [0.05, 0.1) is 0 Å². The number of hydrogen-bond acceptors (Lipinski definition) is 0. The van der Waals surface area contributed by atoms with Gasteiger partial charge in [-0.05, 0) is 104 Å². The van der Waals surface area contributed by atoms with E-state index in [1.54, 1.807) is 0 Å². The maximum atomic E-state index is 2.26. The lowest BCUT2D eigenvalue weighted by Gasteiger charge is -2.07. The Kier molecular flexibility index (Phi) is 26.2. The molecule has 0 bridgehead atoms. The molecule has 0 unspecified atom stereocenters. The van der Waals surface area contributed by atoms with Gasteiger partial charge in [-0.25, -0.2) is 0 Å². The lowest BCUT2D eigenvalue weighted by atomic mass is 9.99. The molecule has 0 N–H and O–H groups in total. The summed E-state index contributed by atoms with van der Waals surface area (Å²) in [5, 5.41) is 0. The van der Waals surface area contributed by atoms with Gasteiger partial charge in [0.1, 0.15) is 0 Å². The summed E-state index contributed by atoms with van der Waals surface area (Å²) in [5.41, 5.74) is 11.2. The van der Waals surface area contributed by atoms with Crippen molar-refractivity contribution in [2.45, 2.75) is 149 Å². The zero-order valence-corrected chi connectivity index (χ0v) is 34.1. The van der Waals surface area contributed by atoms with Crippen molar-refractivity contribution in [3.8, 4) is 0 Å². The van der Waals surface area contributed by atoms with Gasteiger partial charge in [0.2, 0.25) is 0 Å². The third-order valence-electron chi connectivity index (χ3n) is 8.03. The maximum absolute atomic E-state index is 2.26. The molecule has 0 aliphatic carbocycles. The van der Waals surface area contributed by atoms with Crippen molar-refractivity contribution in [3.63, 3.8) is 0 Å². The highest BCUT2D eigenvalue weighted by Crippen LogP contribution is 2.16. The first kappa shape index (κ1) is 48.0. The molecule has 0 fully saturated rings. The zero-order valence-electron chi connectivity index (χ0n) is 34.1. The predicted molar refractivity (Wildman–Crippen MR) is 227 cm³/mol. The van der Waals surface area contributed by atoms with Gasteiger partial charge in [0, 0.05) is 0 Å². The smallest absolute Gasteiger partial charge is 0.0219 e. The molecule has 0 amide bonds. The second kappa shape index (κ2) is 26.7. The predicted octanol–water partition coefficient (Wildman–Crippen LogP) is 15.9. The van der Waals surface area contributed by atoms with Crippen LogP contribution in [-0.4, -0.2) is 0 Å². The van der Waals surface area contributed by atoms with Gasteiger partial charge >= 0.3 is 0 Å². The molecule has 4 aromatic rings. The fourth-order valence-corrected chi connectivity index (χ4v) is 5.15. The average Bonchev–Trinajstić information content (AvgIpc) is 2.99. The standard InChI is InChI=1S/C11H16.3C10H14.C7H16.CH4/c1-9(2)8-11-7-5-4-6-10(11)3;2*1-8(2)10-6-4-9(3)5-7-10;1-8(2)10-6-4-5-9(3)7-10;1-6(2)5-7(3)4;/h4-7,9H,8H2,1-3H3;3*4-8H,1-3H3;6-7H,5H2,1-4H3;1H4. The van der Waals surface area contributed by atoms with Crippen LogP contribution in [-0.2, 0) is 6.42 Å². The van der Waals surface area contributed by atoms with E-state index in [-0.39, 0.29) is 7.43 Å². The lowest BCUT2D eigenvalue weighted by molar-refractivity contribution is 0.469. The third-order valence-corrected chi connectivity index (χ3v) is 8.03. The first-order valence-electron chi connectivity index (χ1n) is 18.7. The summed E-state index contributed by atoms with van der Waals surface area (Å²) in [5.74, 6) is 4.47. The Morgan fingerprint density at radius 2 is 0.796 bits per heavy atom. The van der Waals surface area contributed by atoms with E-state index in [9.17, 15) is 0 Å². The molecule has 49 heavy (non-hydrogen) atoms. The van der Waals surface area contributed by atoms with Crippen molar-refractivity contribution in [2.24, 2.45) is 17.8 Å². The van der Waals surface area contributed by atoms with Crippen LogP contribution < -0.4 is 0 Å². The zero-order chi connectivity index (χ0) is 36.8. The number of hydrogen-bond donors (Lipinski definition) is 0. The Labute approximate surface area is 307 Å². The molecule has 0 aromatic heterocycles. The molecule has 274 valence electrons. The van der Waals surface area contributed by atoms with Gasteiger partial charge in [0.15, 0.2) is 0 Å². The molecular weight excluding hydrogens is 589 g/mol. The molecular formula is C49H78. The quantitative estimate of drug-likeness (QED) is 0.184. The van der Waals surface area contributed by atoms with Crippen molar-refractivity contribution in [1.29, 1.82) is 0 Å². The summed E-state index contributed by atoms with van der Waals surface area (Å²) in [6.45, 7) is 35.4. The van der Waals surface area contributed by atoms with Crippen LogP contribution in [0.2, 0.25) is 0 Å². The van der Waals surface area contributed by atoms with Crippen LogP contribution in [0.5, 0.6) is 0 Å². The Morgan fingerprint density at radius 3 is 1.08 bits per heavy atom. The highest BCUT2D eigenvalue weighted by Gasteiger charge is 2.00. The van der Waals surface area contributed by atoms with E-state index in [0.29, 0.717) is 17.8 Å². The number of benzene rings is 4. The Hall–Kier alpha value is -3.12. The molecule has 0 saturated heterocycles. The second-order valence-electron chi connectivity index (χ2n) is 15.7. The monoisotopic (exact) mass is 667 g/mol. The maximum Gasteiger partial charge on any atom is -0.0219 e. The van der Waals surface area contributed by atoms with E-state index in [1.165, 1.54) is 57.3 Å². The molecule has 0 spiro atoms. The third kappa shape index (κ3) is 24.6. The van der Waals surface area contributed by atoms with E-state index in [0.717, 1.165) is 17.8 Å². The number of aryl methyl sites for hydroxylation is 4. The van der Waals surface area contributed by atoms with Gasteiger partial charge in [-0.2, -0.15) is 0 Å². The average molecular weight is 667 g/mol. The van der Waals surface area contributed by atoms with Crippen LogP contribution in [0, 0.1) is 45.4 Å². The summed E-state index contributed by atoms with van der Waals surface area (Å²) in [7, 11) is 0. The first-order chi connectivity index (χ1) is 22.4. The molecule has 4 rings (SSSR count). The Bertz CT molecular complexity index is 1280. The van der Waals surface area contributed by atoms with Crippen LogP contribution in [0.25, 0.3) is 0 Å². The summed E-state index contributed by atoms with van der Waals surface area (Å²) in [6.07, 6.45) is 2.56. The molecule has 0 heterocycles. The van der Waals surface area contributed by atoms with E-state index in [1.807, 2.05) is 0 Å². The van der Waals surface area contributed by atoms with Crippen LogP contribution in [0.15, 0.2) is 97.1 Å². The topological polar surface area (TPSA) is 0 Å². The minimum atomic E-state index is 0. The van der Waals surface area contributed by atoms with Gasteiger partial charge < -0.3 is 0 Å². The van der Waals surface area contributed by atoms with Crippen LogP contribution in [0.3, 0.4) is 0 Å². The van der Waals surface area contributed by atoms with Crippen LogP contribution in [0.4, 0.5) is 0 Å². The summed E-state index contributed by atoms with van der Waals surface area (Å²) in [6, 6.07) is 34.7. The van der Waals surface area contributed by atoms with E-state index in [2.05, 4.69) is 208 Å². The van der Waals surface area contributed by atoms with Crippen molar-refractivity contribution >= 4 is 0 Å². The van der Waals surface area contributed by atoms with Gasteiger partial charge in [-0.3, -0.25) is 0 Å². The molecule has 0 saturated carbocycles. The molecule has 0 atom stereocenters. The highest BCUT2D eigenvalue weighted by atomic mass is 14.1. The fourth-order valence-electron chi connectivity index (χ4n) is 5.15. The first-order valence-corrected chi connectivity index (χ1v) is 18.7. The molecule has 0 radical (unpaired) electrons. The van der Waals surface area contributed by atoms with Crippen molar-refractivity contribution in [3.05, 3.63) is 142 Å². The number of rotatable bonds is 7. The summed E-state index contributed by atoms with van der Waals surface area (Å²) >= 11 is 0. The molecule has 0 aliphatic rings. The van der Waals surface area contributed by atoms with Crippen molar-refractivity contribution in [1.82, 2.24) is 0 Å². The molecule has 0 aliphatic heterocycles. The summed E-state index contributed by atoms with van der Waals surface area (Å²) in [4.78, 5) is 0. The van der Waals surface area contributed by atoms with Gasteiger partial charge in [-0.15, -0.1) is 0 Å². The largest absolute Gasteiger partial charge is 0.0776 e. The lowest BCUT2D eigenvalue weighted by Crippen LogP contribution is -1.95. The normalized spacial score (nSPS) is 10.3. The molecule has 4 aromatic carbocycles. The Morgan fingerprint density at radius 1 is 0.388 bits per heavy atom. The van der Waals surface area contributed by atoms with Crippen molar-refractivity contribution in [2.75, 3.05) is 0 Å². The van der Waals surface area contributed by atoms with E-state index >= 15 is 0 Å². The van der Waals surface area contributed by atoms with Gasteiger partial charge in [0.25, 0.3) is 0 Å². The minimum absolute atomic E-state index is 0. The SMILES string of the molecule is C.CC(C)CC(C)C.Cc1ccc(C(C)C)cc1.Cc1ccc(C(C)C)cc1.Cc1cccc(C(C)C)c1.Cc1ccccc1CC(C)C. The van der Waals surface area contributed by atoms with E-state index < -0.39 is 0 Å². The Balaban J connectivity index is 0. The van der Waals surface area contributed by atoms with Crippen molar-refractivity contribution < 1.29 is 0 Å². The van der Waals surface area contributed by atoms with Crippen LogP contribution >= 0.6 is 0 Å². The summed E-state index contributed by atoms with van der Waals surface area (Å²) < 4.78 is 0. The molecule has 0 heteroatoms. The fraction of sp³-hybridized carbons (Fsp3) is 0.510. The molecule has 0 nitrogen and oxygen atoms in total. The minimum Gasteiger partial charge on any atom is -0.0776 e.